The van der Waals surface area contributed by atoms with E-state index in [1.54, 1.807) is 29.4 Å². The molecule has 0 bridgehead atoms. The molecule has 0 N–H and O–H groups in total. The first-order chi connectivity index (χ1) is 11.1. The maximum Gasteiger partial charge on any atom is 0.262 e. The molecule has 120 valence electrons. The lowest BCUT2D eigenvalue weighted by atomic mass is 10.2. The molecule has 0 fully saturated rings. The maximum atomic E-state index is 12.4. The third-order valence-corrected chi connectivity index (χ3v) is 5.81. The summed E-state index contributed by atoms with van der Waals surface area (Å²) in [7, 11) is 1.80. The highest BCUT2D eigenvalue weighted by Gasteiger charge is 2.18. The molecule has 7 heteroatoms. The highest BCUT2D eigenvalue weighted by atomic mass is 32.1. The first-order valence-corrected chi connectivity index (χ1v) is 9.05. The molecule has 0 aliphatic heterocycles. The lowest BCUT2D eigenvalue weighted by molar-refractivity contribution is -0.132. The number of hydrogen-bond acceptors (Lipinski definition) is 5. The monoisotopic (exact) mass is 347 g/mol. The molecule has 1 amide bonds. The van der Waals surface area contributed by atoms with E-state index in [1.165, 1.54) is 22.2 Å². The van der Waals surface area contributed by atoms with Gasteiger partial charge in [-0.15, -0.1) is 22.7 Å². The minimum Gasteiger partial charge on any atom is -0.338 e. The number of fused-ring (bicyclic) bond motifs is 1. The molecule has 3 heterocycles. The van der Waals surface area contributed by atoms with Gasteiger partial charge in [-0.2, -0.15) is 0 Å². The molecule has 0 radical (unpaired) electrons. The largest absolute Gasteiger partial charge is 0.338 e. The Morgan fingerprint density at radius 3 is 2.91 bits per heavy atom. The summed E-state index contributed by atoms with van der Waals surface area (Å²) in [5.74, 6) is 0.0169. The maximum absolute atomic E-state index is 12.4. The lowest BCUT2D eigenvalue weighted by Crippen LogP contribution is -2.31. The zero-order valence-corrected chi connectivity index (χ0v) is 14.6. The van der Waals surface area contributed by atoms with Crippen LogP contribution in [-0.4, -0.2) is 27.4 Å². The van der Waals surface area contributed by atoms with Gasteiger partial charge in [-0.25, -0.2) is 4.98 Å². The van der Waals surface area contributed by atoms with Crippen LogP contribution in [0.25, 0.3) is 10.2 Å². The SMILES string of the molecule is C[C@H](c1cccs1)N(C)C(=O)CCn1cnc2sccc2c1=O. The molecule has 3 aromatic rings. The number of nitrogens with zero attached hydrogens (tertiary/aromatic N) is 3. The number of thiophene rings is 2. The van der Waals surface area contributed by atoms with E-state index in [-0.39, 0.29) is 23.9 Å². The predicted molar refractivity (Wildman–Crippen MR) is 94.0 cm³/mol. The van der Waals surface area contributed by atoms with Crippen molar-refractivity contribution in [2.75, 3.05) is 7.05 Å². The highest BCUT2D eigenvalue weighted by molar-refractivity contribution is 7.16. The molecule has 0 spiro atoms. The summed E-state index contributed by atoms with van der Waals surface area (Å²) in [5.41, 5.74) is -0.0852. The Kier molecular flexibility index (Phi) is 4.58. The zero-order chi connectivity index (χ0) is 16.4. The van der Waals surface area contributed by atoms with Crippen LogP contribution in [0.4, 0.5) is 0 Å². The molecule has 1 atom stereocenters. The van der Waals surface area contributed by atoms with Crippen LogP contribution < -0.4 is 5.56 Å². The van der Waals surface area contributed by atoms with Crippen LogP contribution >= 0.6 is 22.7 Å². The van der Waals surface area contributed by atoms with Crippen molar-refractivity contribution < 1.29 is 4.79 Å². The van der Waals surface area contributed by atoms with Gasteiger partial charge in [-0.3, -0.25) is 14.2 Å². The van der Waals surface area contributed by atoms with Crippen LogP contribution in [-0.2, 0) is 11.3 Å². The molecule has 0 saturated carbocycles. The van der Waals surface area contributed by atoms with Gasteiger partial charge in [0, 0.05) is 24.9 Å². The number of amides is 1. The van der Waals surface area contributed by atoms with E-state index in [9.17, 15) is 9.59 Å². The van der Waals surface area contributed by atoms with Crippen molar-refractivity contribution in [1.82, 2.24) is 14.5 Å². The zero-order valence-electron chi connectivity index (χ0n) is 12.9. The van der Waals surface area contributed by atoms with Crippen LogP contribution in [0.3, 0.4) is 0 Å². The Morgan fingerprint density at radius 1 is 1.35 bits per heavy atom. The molecule has 3 rings (SSSR count). The predicted octanol–water partition coefficient (Wildman–Crippen LogP) is 3.13. The molecule has 0 aliphatic rings. The highest BCUT2D eigenvalue weighted by Crippen LogP contribution is 2.23. The summed E-state index contributed by atoms with van der Waals surface area (Å²) in [5, 5.41) is 4.47. The van der Waals surface area contributed by atoms with E-state index in [2.05, 4.69) is 4.98 Å². The average molecular weight is 347 g/mol. The van der Waals surface area contributed by atoms with Gasteiger partial charge in [0.05, 0.1) is 17.8 Å². The normalized spacial score (nSPS) is 12.4. The van der Waals surface area contributed by atoms with Crippen molar-refractivity contribution in [1.29, 1.82) is 0 Å². The van der Waals surface area contributed by atoms with Gasteiger partial charge >= 0.3 is 0 Å². The summed E-state index contributed by atoms with van der Waals surface area (Å²) in [6.07, 6.45) is 1.81. The van der Waals surface area contributed by atoms with E-state index < -0.39 is 0 Å². The number of aryl methyl sites for hydroxylation is 1. The molecule has 5 nitrogen and oxygen atoms in total. The molecular formula is C16H17N3O2S2. The van der Waals surface area contributed by atoms with Crippen molar-refractivity contribution in [3.05, 3.63) is 50.5 Å². The molecule has 0 aliphatic carbocycles. The van der Waals surface area contributed by atoms with Gasteiger partial charge in [0.1, 0.15) is 4.83 Å². The van der Waals surface area contributed by atoms with E-state index >= 15 is 0 Å². The van der Waals surface area contributed by atoms with Crippen molar-refractivity contribution in [3.63, 3.8) is 0 Å². The minimum absolute atomic E-state index is 0.0169. The van der Waals surface area contributed by atoms with Crippen LogP contribution in [0, 0.1) is 0 Å². The van der Waals surface area contributed by atoms with Gasteiger partial charge < -0.3 is 4.90 Å². The van der Waals surface area contributed by atoms with E-state index in [0.29, 0.717) is 11.9 Å². The van der Waals surface area contributed by atoms with Crippen molar-refractivity contribution in [3.8, 4) is 0 Å². The van der Waals surface area contributed by atoms with Crippen molar-refractivity contribution in [2.24, 2.45) is 0 Å². The molecule has 0 unspecified atom stereocenters. The average Bonchev–Trinajstić information content (AvgIpc) is 3.23. The second-order valence-corrected chi connectivity index (χ2v) is 7.20. The molecule has 0 aromatic carbocycles. The summed E-state index contributed by atoms with van der Waals surface area (Å²) >= 11 is 3.08. The van der Waals surface area contributed by atoms with Crippen LogP contribution in [0.15, 0.2) is 40.1 Å². The third kappa shape index (κ3) is 3.20. The van der Waals surface area contributed by atoms with Gasteiger partial charge in [0.25, 0.3) is 5.56 Å². The first kappa shape index (κ1) is 15.9. The lowest BCUT2D eigenvalue weighted by Gasteiger charge is -2.24. The van der Waals surface area contributed by atoms with E-state index in [1.807, 2.05) is 29.8 Å². The summed E-state index contributed by atoms with van der Waals surface area (Å²) in [4.78, 5) is 32.6. The minimum atomic E-state index is -0.0852. The number of carbonyl (C=O) groups excluding carboxylic acids is 1. The number of aromatic nitrogens is 2. The van der Waals surface area contributed by atoms with Crippen molar-refractivity contribution >= 4 is 38.8 Å². The fourth-order valence-electron chi connectivity index (χ4n) is 2.38. The Balaban J connectivity index is 1.68. The molecular weight excluding hydrogens is 330 g/mol. The fourth-order valence-corrected chi connectivity index (χ4v) is 3.93. The van der Waals surface area contributed by atoms with Gasteiger partial charge in [-0.1, -0.05) is 6.07 Å². The Morgan fingerprint density at radius 2 is 2.17 bits per heavy atom. The van der Waals surface area contributed by atoms with Crippen molar-refractivity contribution in [2.45, 2.75) is 25.9 Å². The molecule has 23 heavy (non-hydrogen) atoms. The standard InChI is InChI=1S/C16H17N3O2S2/c1-11(13-4-3-8-22-13)18(2)14(20)5-7-19-10-17-15-12(16(19)21)6-9-23-15/h3-4,6,8-11H,5,7H2,1-2H3/t11-/m1/s1. The third-order valence-electron chi connectivity index (χ3n) is 3.95. The Labute approximate surface area is 141 Å². The van der Waals surface area contributed by atoms with Crippen LogP contribution in [0.1, 0.15) is 24.3 Å². The second-order valence-electron chi connectivity index (χ2n) is 5.33. The van der Waals surface area contributed by atoms with Crippen LogP contribution in [0.5, 0.6) is 0 Å². The van der Waals surface area contributed by atoms with Crippen LogP contribution in [0.2, 0.25) is 0 Å². The molecule has 0 saturated heterocycles. The molecule has 3 aromatic heterocycles. The smallest absolute Gasteiger partial charge is 0.262 e. The van der Waals surface area contributed by atoms with E-state index in [0.717, 1.165) is 9.71 Å². The topological polar surface area (TPSA) is 55.2 Å². The summed E-state index contributed by atoms with van der Waals surface area (Å²) < 4.78 is 1.51. The summed E-state index contributed by atoms with van der Waals surface area (Å²) in [6.45, 7) is 2.35. The Bertz CT molecular complexity index is 867. The van der Waals surface area contributed by atoms with Gasteiger partial charge in [-0.05, 0) is 29.8 Å². The van der Waals surface area contributed by atoms with Gasteiger partial charge in [0.2, 0.25) is 5.91 Å². The quantitative estimate of drug-likeness (QED) is 0.712. The fraction of sp³-hybridized carbons (Fsp3) is 0.312. The second kappa shape index (κ2) is 6.64. The van der Waals surface area contributed by atoms with Gasteiger partial charge in [0.15, 0.2) is 0 Å². The number of carbonyl (C=O) groups is 1. The number of rotatable bonds is 5. The first-order valence-electron chi connectivity index (χ1n) is 7.29. The Hall–Kier alpha value is -1.99. The summed E-state index contributed by atoms with van der Waals surface area (Å²) in [6, 6.07) is 5.82. The number of hydrogen-bond donors (Lipinski definition) is 0. The van der Waals surface area contributed by atoms with E-state index in [4.69, 9.17) is 0 Å².